The first-order chi connectivity index (χ1) is 12.3. The predicted octanol–water partition coefficient (Wildman–Crippen LogP) is 5.22. The van der Waals surface area contributed by atoms with Crippen LogP contribution in [0.2, 0.25) is 0 Å². The lowest BCUT2D eigenvalue weighted by atomic mass is 9.91. The zero-order valence-corrected chi connectivity index (χ0v) is 14.5. The molecule has 1 aromatic carbocycles. The number of nitrogens with zero attached hydrogens (tertiary/aromatic N) is 2. The number of allylic oxidation sites excluding steroid dienone is 7. The van der Waals surface area contributed by atoms with Gasteiger partial charge in [-0.3, -0.25) is 4.99 Å². The summed E-state index contributed by atoms with van der Waals surface area (Å²) in [6.45, 7) is 2.12. The molecule has 2 aliphatic carbocycles. The van der Waals surface area contributed by atoms with Crippen molar-refractivity contribution < 1.29 is 0 Å². The van der Waals surface area contributed by atoms with Crippen molar-refractivity contribution in [2.45, 2.75) is 25.8 Å². The van der Waals surface area contributed by atoms with Gasteiger partial charge in [0, 0.05) is 11.5 Å². The van der Waals surface area contributed by atoms with Gasteiger partial charge in [0.15, 0.2) is 0 Å². The molecular formula is C23H22N2. The van der Waals surface area contributed by atoms with Crippen LogP contribution in [0.3, 0.4) is 0 Å². The first-order valence-electron chi connectivity index (χ1n) is 8.93. The highest BCUT2D eigenvalue weighted by Crippen LogP contribution is 2.25. The van der Waals surface area contributed by atoms with Crippen molar-refractivity contribution in [2.24, 2.45) is 15.9 Å². The van der Waals surface area contributed by atoms with Crippen molar-refractivity contribution in [1.29, 1.82) is 0 Å². The topological polar surface area (TPSA) is 24.7 Å². The molecule has 2 atom stereocenters. The van der Waals surface area contributed by atoms with E-state index in [4.69, 9.17) is 9.98 Å². The van der Waals surface area contributed by atoms with Gasteiger partial charge in [-0.05, 0) is 31.9 Å². The van der Waals surface area contributed by atoms with E-state index >= 15 is 0 Å². The lowest BCUT2D eigenvalue weighted by Gasteiger charge is -2.18. The Balaban J connectivity index is 1.83. The van der Waals surface area contributed by atoms with Crippen molar-refractivity contribution in [2.75, 3.05) is 0 Å². The standard InChI is InChI=1S/C23H22N2/c1-17-13-14-20-16-21(15-17)25-23(19-9-5-2-3-6-10-19)22(24-20)18-11-7-4-8-12-18/h2-5,7-9,11-16,19,21H,6,10H2,1H3. The lowest BCUT2D eigenvalue weighted by Crippen LogP contribution is -2.25. The third-order valence-electron chi connectivity index (χ3n) is 4.70. The number of rotatable bonds is 2. The van der Waals surface area contributed by atoms with Crippen LogP contribution in [0.4, 0.5) is 0 Å². The van der Waals surface area contributed by atoms with E-state index in [0.29, 0.717) is 5.92 Å². The fourth-order valence-electron chi connectivity index (χ4n) is 3.43. The normalized spacial score (nSPS) is 25.2. The van der Waals surface area contributed by atoms with Gasteiger partial charge in [0.2, 0.25) is 0 Å². The minimum absolute atomic E-state index is 0.0505. The fraction of sp³-hybridized carbons (Fsp3) is 0.217. The molecule has 4 rings (SSSR count). The van der Waals surface area contributed by atoms with E-state index < -0.39 is 0 Å². The van der Waals surface area contributed by atoms with Gasteiger partial charge >= 0.3 is 0 Å². The van der Waals surface area contributed by atoms with Crippen molar-refractivity contribution in [3.63, 3.8) is 0 Å². The molecule has 0 saturated heterocycles. The van der Waals surface area contributed by atoms with E-state index in [9.17, 15) is 0 Å². The van der Waals surface area contributed by atoms with Crippen molar-refractivity contribution >= 4 is 11.4 Å². The molecule has 1 aromatic rings. The number of aliphatic imine (C=N–C) groups is 2. The number of hydrogen-bond donors (Lipinski definition) is 0. The summed E-state index contributed by atoms with van der Waals surface area (Å²) in [7, 11) is 0. The first-order valence-corrected chi connectivity index (χ1v) is 8.93. The Kier molecular flexibility index (Phi) is 4.43. The summed E-state index contributed by atoms with van der Waals surface area (Å²) >= 11 is 0. The summed E-state index contributed by atoms with van der Waals surface area (Å²) in [6, 6.07) is 10.5. The van der Waals surface area contributed by atoms with Crippen LogP contribution in [0.5, 0.6) is 0 Å². The van der Waals surface area contributed by atoms with Gasteiger partial charge in [-0.15, -0.1) is 0 Å². The summed E-state index contributed by atoms with van der Waals surface area (Å²) in [5, 5.41) is 0. The van der Waals surface area contributed by atoms with Crippen LogP contribution in [0.25, 0.3) is 0 Å². The van der Waals surface area contributed by atoms with E-state index in [1.54, 1.807) is 0 Å². The molecule has 2 heteroatoms. The highest BCUT2D eigenvalue weighted by molar-refractivity contribution is 6.49. The zero-order valence-electron chi connectivity index (χ0n) is 14.5. The molecule has 0 N–H and O–H groups in total. The molecule has 25 heavy (non-hydrogen) atoms. The minimum Gasteiger partial charge on any atom is -0.275 e. The fourth-order valence-corrected chi connectivity index (χ4v) is 3.43. The molecule has 0 fully saturated rings. The maximum Gasteiger partial charge on any atom is 0.0925 e. The average Bonchev–Trinajstić information content (AvgIpc) is 3.07. The molecule has 2 bridgehead atoms. The maximum atomic E-state index is 5.14. The van der Waals surface area contributed by atoms with Crippen LogP contribution in [0.15, 0.2) is 100 Å². The highest BCUT2D eigenvalue weighted by atomic mass is 14.9. The van der Waals surface area contributed by atoms with Crippen molar-refractivity contribution in [1.82, 2.24) is 0 Å². The van der Waals surface area contributed by atoms with E-state index in [1.165, 1.54) is 5.57 Å². The van der Waals surface area contributed by atoms with Gasteiger partial charge in [0.1, 0.15) is 0 Å². The Bertz CT molecular complexity index is 861. The Morgan fingerprint density at radius 2 is 1.88 bits per heavy atom. The molecule has 0 spiro atoms. The van der Waals surface area contributed by atoms with E-state index in [-0.39, 0.29) is 6.04 Å². The Morgan fingerprint density at radius 3 is 2.76 bits per heavy atom. The summed E-state index contributed by atoms with van der Waals surface area (Å²) in [6.07, 6.45) is 19.5. The predicted molar refractivity (Wildman–Crippen MR) is 106 cm³/mol. The van der Waals surface area contributed by atoms with Gasteiger partial charge < -0.3 is 0 Å². The lowest BCUT2D eigenvalue weighted by molar-refractivity contribution is 0.761. The molecule has 1 heterocycles. The largest absolute Gasteiger partial charge is 0.275 e. The van der Waals surface area contributed by atoms with E-state index in [0.717, 1.165) is 35.5 Å². The van der Waals surface area contributed by atoms with Crippen LogP contribution in [0.1, 0.15) is 25.3 Å². The quantitative estimate of drug-likeness (QED) is 0.712. The Labute approximate surface area is 149 Å². The molecule has 124 valence electrons. The van der Waals surface area contributed by atoms with Gasteiger partial charge in [-0.2, -0.15) is 0 Å². The molecule has 3 aliphatic rings. The van der Waals surface area contributed by atoms with Gasteiger partial charge in [0.05, 0.1) is 23.2 Å². The SMILES string of the molecule is CC1=CC2C=C(C=C1)N=C(c1ccccc1)C(C1C=CC=CCC1)=N2. The third kappa shape index (κ3) is 3.53. The van der Waals surface area contributed by atoms with Gasteiger partial charge in [-0.1, -0.05) is 72.4 Å². The summed E-state index contributed by atoms with van der Waals surface area (Å²) < 4.78 is 0. The van der Waals surface area contributed by atoms with Crippen LogP contribution < -0.4 is 0 Å². The van der Waals surface area contributed by atoms with Crippen LogP contribution >= 0.6 is 0 Å². The number of fused-ring (bicyclic) bond motifs is 1. The molecule has 0 radical (unpaired) electrons. The third-order valence-corrected chi connectivity index (χ3v) is 4.70. The smallest absolute Gasteiger partial charge is 0.0925 e. The second-order valence-corrected chi connectivity index (χ2v) is 6.66. The maximum absolute atomic E-state index is 5.14. The summed E-state index contributed by atoms with van der Waals surface area (Å²) in [5.41, 5.74) is 5.46. The Morgan fingerprint density at radius 1 is 1.00 bits per heavy atom. The van der Waals surface area contributed by atoms with Gasteiger partial charge in [0.25, 0.3) is 0 Å². The monoisotopic (exact) mass is 326 g/mol. The second-order valence-electron chi connectivity index (χ2n) is 6.66. The average molecular weight is 326 g/mol. The highest BCUT2D eigenvalue weighted by Gasteiger charge is 2.24. The molecule has 2 unspecified atom stereocenters. The van der Waals surface area contributed by atoms with Crippen molar-refractivity contribution in [3.8, 4) is 0 Å². The van der Waals surface area contributed by atoms with E-state index in [1.807, 2.05) is 6.07 Å². The Hall–Kier alpha value is -2.74. The van der Waals surface area contributed by atoms with E-state index in [2.05, 4.69) is 79.8 Å². The molecule has 2 nitrogen and oxygen atoms in total. The van der Waals surface area contributed by atoms with Crippen molar-refractivity contribution in [3.05, 3.63) is 95.8 Å². The summed E-state index contributed by atoms with van der Waals surface area (Å²) in [5.74, 6) is 0.293. The first kappa shape index (κ1) is 15.8. The second kappa shape index (κ2) is 7.02. The minimum atomic E-state index is 0.0505. The van der Waals surface area contributed by atoms with Crippen LogP contribution in [-0.2, 0) is 0 Å². The summed E-state index contributed by atoms with van der Waals surface area (Å²) in [4.78, 5) is 10.2. The molecular weight excluding hydrogens is 304 g/mol. The van der Waals surface area contributed by atoms with Gasteiger partial charge in [-0.25, -0.2) is 4.99 Å². The zero-order chi connectivity index (χ0) is 17.1. The molecule has 1 aliphatic heterocycles. The van der Waals surface area contributed by atoms with Crippen LogP contribution in [-0.4, -0.2) is 17.5 Å². The molecule has 0 aromatic heterocycles. The molecule has 0 amide bonds. The number of benzene rings is 1. The molecule has 0 saturated carbocycles. The number of hydrogen-bond acceptors (Lipinski definition) is 2. The van der Waals surface area contributed by atoms with Crippen LogP contribution in [0, 0.1) is 5.92 Å².